The van der Waals surface area contributed by atoms with Crippen molar-refractivity contribution in [2.75, 3.05) is 26.7 Å². The minimum absolute atomic E-state index is 0.0558. The largest absolute Gasteiger partial charge is 0.356 e. The van der Waals surface area contributed by atoms with Gasteiger partial charge in [0.05, 0.1) is 0 Å². The number of carbonyl (C=O) groups is 3. The third-order valence-corrected chi connectivity index (χ3v) is 10.5. The third kappa shape index (κ3) is 3.63. The average Bonchev–Trinajstić information content (AvgIpc) is 3.36. The van der Waals surface area contributed by atoms with Crippen LogP contribution in [0.1, 0.15) is 71.6 Å². The number of amides is 3. The lowest BCUT2D eigenvalue weighted by Crippen LogP contribution is -2.59. The standard InChI is InChI=1S/C27H41N3O3/c1-26-13-11-20-18(7-10-22-27(20,2)14-12-23(31)29(22)3)19(26)8-9-21(26)25(33)28-15-5-17-30-16-4-6-24(30)32/h12,14,18-22H,4-11,13,15-17H2,1-3H3,(H,28,33)/t18-,19-,20+,21?,22?,26-,27+/m0/s1. The molecule has 0 spiro atoms. The van der Waals surface area contributed by atoms with Crippen molar-refractivity contribution in [2.24, 2.45) is 34.5 Å². The molecule has 5 aliphatic rings. The molecule has 7 atom stereocenters. The quantitative estimate of drug-likeness (QED) is 0.646. The number of nitrogens with zero attached hydrogens (tertiary/aromatic N) is 2. The Morgan fingerprint density at radius 1 is 1.12 bits per heavy atom. The van der Waals surface area contributed by atoms with Crippen molar-refractivity contribution in [3.8, 4) is 0 Å². The minimum Gasteiger partial charge on any atom is -0.356 e. The molecule has 0 aromatic rings. The van der Waals surface area contributed by atoms with Crippen LogP contribution in [0.4, 0.5) is 0 Å². The molecule has 0 aromatic carbocycles. The third-order valence-electron chi connectivity index (χ3n) is 10.5. The van der Waals surface area contributed by atoms with Crippen LogP contribution in [0.25, 0.3) is 0 Å². The smallest absolute Gasteiger partial charge is 0.246 e. The summed E-state index contributed by atoms with van der Waals surface area (Å²) in [6.07, 6.45) is 13.2. The van der Waals surface area contributed by atoms with Crippen molar-refractivity contribution >= 4 is 17.7 Å². The fourth-order valence-corrected chi connectivity index (χ4v) is 8.71. The van der Waals surface area contributed by atoms with Crippen LogP contribution in [0.5, 0.6) is 0 Å². The van der Waals surface area contributed by atoms with Crippen molar-refractivity contribution in [1.82, 2.24) is 15.1 Å². The molecular weight excluding hydrogens is 414 g/mol. The maximum atomic E-state index is 13.2. The molecule has 0 radical (unpaired) electrons. The van der Waals surface area contributed by atoms with Crippen LogP contribution in [-0.2, 0) is 14.4 Å². The molecule has 6 heteroatoms. The van der Waals surface area contributed by atoms with E-state index in [1.807, 2.05) is 16.8 Å². The minimum atomic E-state index is 0.0558. The molecule has 3 aliphatic carbocycles. The Kier molecular flexibility index (Phi) is 5.85. The zero-order valence-corrected chi connectivity index (χ0v) is 20.6. The SMILES string of the molecule is CN1C(=O)C=C[C@@]2(C)C1CC[C@@H]1[C@H]2CC[C@]2(C)C(C(=O)NCCCN3CCCC3=O)CC[C@@H]12. The van der Waals surface area contributed by atoms with Gasteiger partial charge in [-0.2, -0.15) is 0 Å². The van der Waals surface area contributed by atoms with Crippen LogP contribution in [0, 0.1) is 34.5 Å². The number of fused-ring (bicyclic) bond motifs is 5. The average molecular weight is 456 g/mol. The van der Waals surface area contributed by atoms with Crippen LogP contribution in [0.2, 0.25) is 0 Å². The maximum absolute atomic E-state index is 13.2. The molecular formula is C27H41N3O3. The molecule has 4 fully saturated rings. The Balaban J connectivity index is 1.22. The molecule has 0 bridgehead atoms. The van der Waals surface area contributed by atoms with Gasteiger partial charge in [-0.1, -0.05) is 19.9 Å². The Morgan fingerprint density at radius 2 is 1.94 bits per heavy atom. The topological polar surface area (TPSA) is 69.7 Å². The van der Waals surface area contributed by atoms with Gasteiger partial charge in [-0.05, 0) is 80.6 Å². The summed E-state index contributed by atoms with van der Waals surface area (Å²) in [6.45, 7) is 7.06. The normalized spacial score (nSPS) is 42.2. The second-order valence-corrected chi connectivity index (χ2v) is 11.9. The monoisotopic (exact) mass is 455 g/mol. The first kappa shape index (κ1) is 22.9. The summed E-state index contributed by atoms with van der Waals surface area (Å²) in [6, 6.07) is 0.309. The first-order chi connectivity index (χ1) is 15.8. The Hall–Kier alpha value is -1.85. The van der Waals surface area contributed by atoms with Crippen LogP contribution in [-0.4, -0.2) is 60.2 Å². The lowest BCUT2D eigenvalue weighted by Gasteiger charge is -2.60. The number of hydrogen-bond acceptors (Lipinski definition) is 3. The number of likely N-dealkylation sites (tertiary alicyclic amines) is 1. The zero-order chi connectivity index (χ0) is 23.4. The highest BCUT2D eigenvalue weighted by Gasteiger charge is 2.61. The fourth-order valence-electron chi connectivity index (χ4n) is 8.71. The number of hydrogen-bond donors (Lipinski definition) is 1. The van der Waals surface area contributed by atoms with Gasteiger partial charge in [0.2, 0.25) is 17.7 Å². The second-order valence-electron chi connectivity index (χ2n) is 11.9. The summed E-state index contributed by atoms with van der Waals surface area (Å²) in [5, 5.41) is 3.22. The second kappa shape index (κ2) is 8.42. The first-order valence-corrected chi connectivity index (χ1v) is 13.3. The van der Waals surface area contributed by atoms with E-state index in [1.165, 1.54) is 6.42 Å². The summed E-state index contributed by atoms with van der Waals surface area (Å²) in [5.41, 5.74) is 0.139. The maximum Gasteiger partial charge on any atom is 0.246 e. The molecule has 33 heavy (non-hydrogen) atoms. The Morgan fingerprint density at radius 3 is 2.70 bits per heavy atom. The lowest BCUT2D eigenvalue weighted by molar-refractivity contribution is -0.142. The first-order valence-electron chi connectivity index (χ1n) is 13.3. The summed E-state index contributed by atoms with van der Waals surface area (Å²) >= 11 is 0. The predicted octanol–water partition coefficient (Wildman–Crippen LogP) is 3.37. The molecule has 2 heterocycles. The van der Waals surface area contributed by atoms with Gasteiger partial charge in [0.15, 0.2) is 0 Å². The van der Waals surface area contributed by atoms with Crippen LogP contribution in [0.15, 0.2) is 12.2 Å². The molecule has 2 aliphatic heterocycles. The number of nitrogens with one attached hydrogen (secondary N) is 1. The van der Waals surface area contributed by atoms with E-state index >= 15 is 0 Å². The highest BCUT2D eigenvalue weighted by Crippen LogP contribution is 2.65. The van der Waals surface area contributed by atoms with E-state index in [0.717, 1.165) is 58.0 Å². The van der Waals surface area contributed by atoms with Crippen LogP contribution >= 0.6 is 0 Å². The molecule has 1 saturated heterocycles. The van der Waals surface area contributed by atoms with Crippen molar-refractivity contribution < 1.29 is 14.4 Å². The van der Waals surface area contributed by atoms with E-state index in [1.54, 1.807) is 6.08 Å². The molecule has 6 nitrogen and oxygen atoms in total. The molecule has 182 valence electrons. The summed E-state index contributed by atoms with van der Waals surface area (Å²) < 4.78 is 0. The summed E-state index contributed by atoms with van der Waals surface area (Å²) in [4.78, 5) is 41.2. The van der Waals surface area contributed by atoms with Gasteiger partial charge in [0, 0.05) is 50.5 Å². The Bertz CT molecular complexity index is 856. The lowest BCUT2D eigenvalue weighted by atomic mass is 9.47. The molecule has 2 unspecified atom stereocenters. The summed E-state index contributed by atoms with van der Waals surface area (Å²) in [5.74, 6) is 2.58. The van der Waals surface area contributed by atoms with Crippen molar-refractivity contribution in [2.45, 2.75) is 77.7 Å². The van der Waals surface area contributed by atoms with E-state index in [0.29, 0.717) is 36.8 Å². The fraction of sp³-hybridized carbons (Fsp3) is 0.815. The van der Waals surface area contributed by atoms with E-state index < -0.39 is 0 Å². The Labute approximate surface area is 198 Å². The molecule has 3 saturated carbocycles. The van der Waals surface area contributed by atoms with Crippen molar-refractivity contribution in [3.63, 3.8) is 0 Å². The molecule has 5 rings (SSSR count). The molecule has 0 aromatic heterocycles. The van der Waals surface area contributed by atoms with E-state index in [9.17, 15) is 14.4 Å². The molecule has 1 N–H and O–H groups in total. The summed E-state index contributed by atoms with van der Waals surface area (Å²) in [7, 11) is 1.97. The van der Waals surface area contributed by atoms with Crippen LogP contribution < -0.4 is 5.32 Å². The van der Waals surface area contributed by atoms with Gasteiger partial charge in [0.1, 0.15) is 0 Å². The molecule has 3 amide bonds. The highest BCUT2D eigenvalue weighted by molar-refractivity contribution is 5.89. The van der Waals surface area contributed by atoms with Gasteiger partial charge >= 0.3 is 0 Å². The predicted molar refractivity (Wildman–Crippen MR) is 127 cm³/mol. The number of carbonyl (C=O) groups excluding carboxylic acids is 3. The zero-order valence-electron chi connectivity index (χ0n) is 20.6. The van der Waals surface area contributed by atoms with E-state index in [-0.39, 0.29) is 34.5 Å². The number of rotatable bonds is 5. The van der Waals surface area contributed by atoms with E-state index in [2.05, 4.69) is 25.2 Å². The van der Waals surface area contributed by atoms with E-state index in [4.69, 9.17) is 0 Å². The van der Waals surface area contributed by atoms with Gasteiger partial charge in [0.25, 0.3) is 0 Å². The number of likely N-dealkylation sites (N-methyl/N-ethyl adjacent to an activating group) is 1. The van der Waals surface area contributed by atoms with Gasteiger partial charge in [-0.15, -0.1) is 0 Å². The van der Waals surface area contributed by atoms with Crippen molar-refractivity contribution in [3.05, 3.63) is 12.2 Å². The highest BCUT2D eigenvalue weighted by atomic mass is 16.2. The van der Waals surface area contributed by atoms with Gasteiger partial charge < -0.3 is 15.1 Å². The van der Waals surface area contributed by atoms with Crippen molar-refractivity contribution in [1.29, 1.82) is 0 Å². The van der Waals surface area contributed by atoms with Crippen LogP contribution in [0.3, 0.4) is 0 Å². The van der Waals surface area contributed by atoms with Gasteiger partial charge in [-0.3, -0.25) is 14.4 Å². The van der Waals surface area contributed by atoms with Gasteiger partial charge in [-0.25, -0.2) is 0 Å².